The Hall–Kier alpha value is -3.92. The molecule has 0 unspecified atom stereocenters. The molecule has 3 aromatic rings. The number of anilines is 1. The zero-order valence-electron chi connectivity index (χ0n) is 21.8. The van der Waals surface area contributed by atoms with Gasteiger partial charge in [-0.3, -0.25) is 9.52 Å². The van der Waals surface area contributed by atoms with E-state index in [-0.39, 0.29) is 17.4 Å². The first kappa shape index (κ1) is 27.7. The number of hydrogen-bond donors (Lipinski definition) is 1. The summed E-state index contributed by atoms with van der Waals surface area (Å²) in [5.74, 6) is 1.58. The molecule has 0 saturated heterocycles. The van der Waals surface area contributed by atoms with Crippen molar-refractivity contribution in [3.05, 3.63) is 71.3 Å². The van der Waals surface area contributed by atoms with Crippen molar-refractivity contribution >= 4 is 21.6 Å². The van der Waals surface area contributed by atoms with Gasteiger partial charge in [0.2, 0.25) is 5.75 Å². The number of nitrogens with zero attached hydrogens (tertiary/aromatic N) is 1. The highest BCUT2D eigenvalue weighted by atomic mass is 32.2. The Morgan fingerprint density at radius 3 is 2.08 bits per heavy atom. The summed E-state index contributed by atoms with van der Waals surface area (Å²) in [6.45, 7) is 3.81. The van der Waals surface area contributed by atoms with Crippen LogP contribution in [-0.2, 0) is 21.4 Å². The van der Waals surface area contributed by atoms with Gasteiger partial charge in [-0.2, -0.15) is 0 Å². The lowest BCUT2D eigenvalue weighted by atomic mass is 10.1. The first-order valence-electron chi connectivity index (χ1n) is 11.4. The minimum Gasteiger partial charge on any atom is -0.493 e. The molecule has 1 amide bonds. The van der Waals surface area contributed by atoms with Crippen LogP contribution < -0.4 is 23.7 Å². The Bertz CT molecular complexity index is 1330. The van der Waals surface area contributed by atoms with Gasteiger partial charge in [0.1, 0.15) is 5.75 Å². The smallest absolute Gasteiger partial charge is 0.261 e. The summed E-state index contributed by atoms with van der Waals surface area (Å²) in [5, 5.41) is 0. The van der Waals surface area contributed by atoms with E-state index < -0.39 is 10.0 Å². The summed E-state index contributed by atoms with van der Waals surface area (Å²) in [7, 11) is 2.46. The van der Waals surface area contributed by atoms with Crippen LogP contribution >= 0.6 is 0 Å². The van der Waals surface area contributed by atoms with Crippen molar-refractivity contribution < 1.29 is 32.2 Å². The number of aryl methyl sites for hydroxylation is 2. The van der Waals surface area contributed by atoms with Crippen LogP contribution in [0.3, 0.4) is 0 Å². The molecule has 0 saturated carbocycles. The molecule has 0 bridgehead atoms. The number of amides is 1. The van der Waals surface area contributed by atoms with Gasteiger partial charge >= 0.3 is 0 Å². The monoisotopic (exact) mass is 528 g/mol. The Morgan fingerprint density at radius 1 is 0.892 bits per heavy atom. The van der Waals surface area contributed by atoms with E-state index in [2.05, 4.69) is 4.72 Å². The molecule has 0 spiro atoms. The molecule has 0 aliphatic heterocycles. The van der Waals surface area contributed by atoms with Crippen LogP contribution in [0.25, 0.3) is 0 Å². The topological polar surface area (TPSA) is 103 Å². The van der Waals surface area contributed by atoms with Crippen LogP contribution in [0.1, 0.15) is 16.7 Å². The second-order valence-electron chi connectivity index (χ2n) is 8.47. The van der Waals surface area contributed by atoms with E-state index in [1.54, 1.807) is 25.2 Å². The predicted octanol–water partition coefficient (Wildman–Crippen LogP) is 4.17. The van der Waals surface area contributed by atoms with E-state index in [1.807, 2.05) is 26.0 Å². The minimum atomic E-state index is -3.78. The third kappa shape index (κ3) is 6.85. The molecular weight excluding hydrogens is 496 g/mol. The molecule has 3 aromatic carbocycles. The van der Waals surface area contributed by atoms with Crippen molar-refractivity contribution in [3.8, 4) is 23.0 Å². The Morgan fingerprint density at radius 2 is 1.51 bits per heavy atom. The lowest BCUT2D eigenvalue weighted by Crippen LogP contribution is -2.31. The van der Waals surface area contributed by atoms with Gasteiger partial charge in [0.15, 0.2) is 18.1 Å². The van der Waals surface area contributed by atoms with Crippen LogP contribution in [0.15, 0.2) is 59.5 Å². The number of hydrogen-bond acceptors (Lipinski definition) is 7. The molecule has 0 aliphatic rings. The zero-order chi connectivity index (χ0) is 27.2. The zero-order valence-corrected chi connectivity index (χ0v) is 22.6. The van der Waals surface area contributed by atoms with Gasteiger partial charge < -0.3 is 23.8 Å². The summed E-state index contributed by atoms with van der Waals surface area (Å²) in [4.78, 5) is 14.2. The lowest BCUT2D eigenvalue weighted by molar-refractivity contribution is -0.132. The highest BCUT2D eigenvalue weighted by Crippen LogP contribution is 2.38. The molecular formula is C27H32N2O7S. The highest BCUT2D eigenvalue weighted by Gasteiger charge is 2.18. The molecule has 0 heterocycles. The molecule has 0 aromatic heterocycles. The van der Waals surface area contributed by atoms with E-state index in [0.29, 0.717) is 35.2 Å². The van der Waals surface area contributed by atoms with E-state index in [4.69, 9.17) is 18.9 Å². The van der Waals surface area contributed by atoms with Crippen LogP contribution in [0.4, 0.5) is 5.69 Å². The van der Waals surface area contributed by atoms with Crippen molar-refractivity contribution in [2.45, 2.75) is 25.3 Å². The number of methoxy groups -OCH3 is 3. The maximum Gasteiger partial charge on any atom is 0.261 e. The third-order valence-corrected chi connectivity index (χ3v) is 7.09. The first-order chi connectivity index (χ1) is 17.6. The van der Waals surface area contributed by atoms with Crippen molar-refractivity contribution in [2.24, 2.45) is 0 Å². The van der Waals surface area contributed by atoms with E-state index in [0.717, 1.165) is 16.7 Å². The third-order valence-electron chi connectivity index (χ3n) is 5.70. The summed E-state index contributed by atoms with van der Waals surface area (Å²) < 4.78 is 49.9. The summed E-state index contributed by atoms with van der Waals surface area (Å²) in [5.41, 5.74) is 3.09. The number of carbonyl (C=O) groups excluding carboxylic acids is 1. The molecule has 198 valence electrons. The van der Waals surface area contributed by atoms with Crippen molar-refractivity contribution in [1.29, 1.82) is 0 Å². The Balaban J connectivity index is 1.61. The molecule has 1 N–H and O–H groups in total. The fourth-order valence-corrected chi connectivity index (χ4v) is 4.73. The first-order valence-corrected chi connectivity index (χ1v) is 12.9. The maximum absolute atomic E-state index is 12.8. The van der Waals surface area contributed by atoms with Crippen molar-refractivity contribution in [2.75, 3.05) is 39.7 Å². The van der Waals surface area contributed by atoms with Gasteiger partial charge in [0.05, 0.1) is 31.9 Å². The SMILES string of the molecule is COc1cc(CN(C)C(=O)COc2ccc(S(=O)(=O)Nc3cc(C)ccc3C)cc2)cc(OC)c1OC. The van der Waals surface area contributed by atoms with Gasteiger partial charge in [-0.15, -0.1) is 0 Å². The fourth-order valence-electron chi connectivity index (χ4n) is 3.61. The average Bonchev–Trinajstić information content (AvgIpc) is 2.88. The van der Waals surface area contributed by atoms with Gasteiger partial charge in [-0.05, 0) is 73.0 Å². The molecule has 9 nitrogen and oxygen atoms in total. The van der Waals surface area contributed by atoms with E-state index >= 15 is 0 Å². The van der Waals surface area contributed by atoms with E-state index in [1.165, 1.54) is 50.5 Å². The normalized spacial score (nSPS) is 11.0. The van der Waals surface area contributed by atoms with Crippen LogP contribution in [0.2, 0.25) is 0 Å². The summed E-state index contributed by atoms with van der Waals surface area (Å²) >= 11 is 0. The van der Waals surface area contributed by atoms with Crippen molar-refractivity contribution in [3.63, 3.8) is 0 Å². The number of nitrogens with one attached hydrogen (secondary N) is 1. The highest BCUT2D eigenvalue weighted by molar-refractivity contribution is 7.92. The van der Waals surface area contributed by atoms with Gasteiger partial charge in [-0.25, -0.2) is 8.42 Å². The minimum absolute atomic E-state index is 0.0894. The second kappa shape index (κ2) is 11.9. The summed E-state index contributed by atoms with van der Waals surface area (Å²) in [6, 6.07) is 15.0. The number of carbonyl (C=O) groups is 1. The van der Waals surface area contributed by atoms with Crippen LogP contribution in [0, 0.1) is 13.8 Å². The summed E-state index contributed by atoms with van der Waals surface area (Å²) in [6.07, 6.45) is 0. The number of rotatable bonds is 11. The maximum atomic E-state index is 12.8. The molecule has 0 fully saturated rings. The molecule has 10 heteroatoms. The van der Waals surface area contributed by atoms with Gasteiger partial charge in [0, 0.05) is 13.6 Å². The number of benzene rings is 3. The van der Waals surface area contributed by atoms with Crippen molar-refractivity contribution in [1.82, 2.24) is 4.90 Å². The largest absolute Gasteiger partial charge is 0.493 e. The lowest BCUT2D eigenvalue weighted by Gasteiger charge is -2.20. The fraction of sp³-hybridized carbons (Fsp3) is 0.296. The average molecular weight is 529 g/mol. The van der Waals surface area contributed by atoms with Crippen LogP contribution in [-0.4, -0.2) is 54.2 Å². The number of ether oxygens (including phenoxy) is 4. The Labute approximate surface area is 218 Å². The Kier molecular flexibility index (Phi) is 8.88. The molecule has 0 radical (unpaired) electrons. The molecule has 0 atom stereocenters. The second-order valence-corrected chi connectivity index (χ2v) is 10.1. The predicted molar refractivity (Wildman–Crippen MR) is 141 cm³/mol. The van der Waals surface area contributed by atoms with Gasteiger partial charge in [0.25, 0.3) is 15.9 Å². The van der Waals surface area contributed by atoms with Crippen LogP contribution in [0.5, 0.6) is 23.0 Å². The number of sulfonamides is 1. The quantitative estimate of drug-likeness (QED) is 0.398. The van der Waals surface area contributed by atoms with Gasteiger partial charge in [-0.1, -0.05) is 12.1 Å². The number of likely N-dealkylation sites (N-methyl/N-ethyl adjacent to an activating group) is 1. The molecule has 37 heavy (non-hydrogen) atoms. The van der Waals surface area contributed by atoms with E-state index in [9.17, 15) is 13.2 Å². The standard InChI is InChI=1S/C27H32N2O7S/c1-18-7-8-19(2)23(13-18)28-37(31,32)22-11-9-21(10-12-22)36-17-26(30)29(3)16-20-14-24(33-4)27(35-6)25(15-20)34-5/h7-15,28H,16-17H2,1-6H3. The molecule has 0 aliphatic carbocycles. The molecule has 3 rings (SSSR count).